The maximum absolute atomic E-state index is 10.0. The van der Waals surface area contributed by atoms with Gasteiger partial charge in [0.15, 0.2) is 0 Å². The van der Waals surface area contributed by atoms with Crippen molar-refractivity contribution >= 4 is 17.2 Å². The van der Waals surface area contributed by atoms with Crippen molar-refractivity contribution in [2.24, 2.45) is 5.41 Å². The summed E-state index contributed by atoms with van der Waals surface area (Å²) in [5.41, 5.74) is -3.00. The van der Waals surface area contributed by atoms with E-state index in [9.17, 15) is 20.4 Å². The molecule has 0 aromatic heterocycles. The first-order valence-electron chi connectivity index (χ1n) is 5.27. The zero-order valence-electron chi connectivity index (χ0n) is 8.53. The van der Waals surface area contributed by atoms with Gasteiger partial charge in [-0.3, -0.25) is 0 Å². The lowest BCUT2D eigenvalue weighted by atomic mass is 9.71. The van der Waals surface area contributed by atoms with Crippen molar-refractivity contribution in [2.45, 2.75) is 30.6 Å². The van der Waals surface area contributed by atoms with Crippen LogP contribution in [0.2, 0.25) is 0 Å². The second kappa shape index (κ2) is 3.87. The molecular weight excluding hydrogens is 234 g/mol. The summed E-state index contributed by atoms with van der Waals surface area (Å²) < 4.78 is 0. The Balaban J connectivity index is 2.30. The SMILES string of the molecule is OC1(O)PCCC2(CCPCC2)C1(O)O. The molecule has 88 valence electrons. The van der Waals surface area contributed by atoms with Crippen molar-refractivity contribution in [1.29, 1.82) is 0 Å². The van der Waals surface area contributed by atoms with Crippen molar-refractivity contribution in [3.8, 4) is 0 Å². The van der Waals surface area contributed by atoms with E-state index < -0.39 is 16.7 Å². The highest BCUT2D eigenvalue weighted by molar-refractivity contribution is 7.39. The van der Waals surface area contributed by atoms with Gasteiger partial charge in [0.1, 0.15) is 0 Å². The van der Waals surface area contributed by atoms with Crippen molar-refractivity contribution in [1.82, 2.24) is 0 Å². The van der Waals surface area contributed by atoms with Crippen molar-refractivity contribution in [3.05, 3.63) is 0 Å². The van der Waals surface area contributed by atoms with Crippen molar-refractivity contribution in [2.75, 3.05) is 18.5 Å². The maximum atomic E-state index is 10.0. The second-order valence-corrected chi connectivity index (χ2v) is 7.60. The average Bonchev–Trinajstić information content (AvgIpc) is 2.16. The fourth-order valence-electron chi connectivity index (χ4n) is 2.65. The van der Waals surface area contributed by atoms with Crippen LogP contribution < -0.4 is 0 Å². The van der Waals surface area contributed by atoms with Gasteiger partial charge in [0.05, 0.1) is 0 Å². The Morgan fingerprint density at radius 1 is 0.800 bits per heavy atom. The van der Waals surface area contributed by atoms with E-state index in [1.165, 1.54) is 0 Å². The molecule has 0 aromatic carbocycles. The Kier molecular flexibility index (Phi) is 3.14. The highest BCUT2D eigenvalue weighted by Gasteiger charge is 2.63. The largest absolute Gasteiger partial charge is 0.361 e. The van der Waals surface area contributed by atoms with Crippen LogP contribution >= 0.6 is 17.2 Å². The van der Waals surface area contributed by atoms with E-state index in [0.717, 1.165) is 20.9 Å². The molecule has 2 fully saturated rings. The third-order valence-electron chi connectivity index (χ3n) is 3.76. The molecule has 15 heavy (non-hydrogen) atoms. The van der Waals surface area contributed by atoms with E-state index in [1.807, 2.05) is 0 Å². The van der Waals surface area contributed by atoms with Crippen LogP contribution in [0.5, 0.6) is 0 Å². The van der Waals surface area contributed by atoms with Crippen LogP contribution in [-0.4, -0.2) is 50.2 Å². The van der Waals surface area contributed by atoms with Crippen LogP contribution in [0.1, 0.15) is 19.3 Å². The molecule has 0 aliphatic carbocycles. The molecule has 2 aliphatic rings. The summed E-state index contributed by atoms with van der Waals surface area (Å²) in [6, 6.07) is 0. The molecule has 0 amide bonds. The van der Waals surface area contributed by atoms with E-state index in [0.29, 0.717) is 25.4 Å². The Bertz CT molecular complexity index is 243. The van der Waals surface area contributed by atoms with E-state index in [-0.39, 0.29) is 8.58 Å². The zero-order chi connectivity index (χ0) is 11.2. The summed E-state index contributed by atoms with van der Waals surface area (Å²) in [6.45, 7) is 0. The first-order valence-corrected chi connectivity index (χ1v) is 7.89. The van der Waals surface area contributed by atoms with Crippen LogP contribution in [0.4, 0.5) is 0 Å². The van der Waals surface area contributed by atoms with Crippen LogP contribution in [0, 0.1) is 5.41 Å². The van der Waals surface area contributed by atoms with Gasteiger partial charge in [-0.2, -0.15) is 0 Å². The molecule has 2 saturated heterocycles. The highest BCUT2D eigenvalue weighted by Crippen LogP contribution is 2.58. The van der Waals surface area contributed by atoms with Crippen molar-refractivity contribution < 1.29 is 20.4 Å². The third-order valence-corrected chi connectivity index (χ3v) is 6.31. The van der Waals surface area contributed by atoms with Gasteiger partial charge in [-0.1, -0.05) is 8.58 Å². The van der Waals surface area contributed by atoms with Gasteiger partial charge in [0.25, 0.3) is 0 Å². The van der Waals surface area contributed by atoms with Crippen LogP contribution in [-0.2, 0) is 0 Å². The minimum Gasteiger partial charge on any atom is -0.361 e. The fraction of sp³-hybridized carbons (Fsp3) is 1.00. The third kappa shape index (κ3) is 1.76. The first kappa shape index (κ1) is 12.2. The number of hydrogen-bond acceptors (Lipinski definition) is 4. The predicted octanol–water partition coefficient (Wildman–Crippen LogP) is -0.153. The molecule has 2 heterocycles. The molecule has 1 unspecified atom stereocenters. The molecule has 2 rings (SSSR count). The normalized spacial score (nSPS) is 42.4. The molecule has 4 N–H and O–H groups in total. The highest BCUT2D eigenvalue weighted by atomic mass is 31.1. The smallest absolute Gasteiger partial charge is 0.234 e. The minimum atomic E-state index is -2.33. The number of hydrogen-bond donors (Lipinski definition) is 4. The van der Waals surface area contributed by atoms with Gasteiger partial charge in [-0.05, 0) is 37.7 Å². The predicted molar refractivity (Wildman–Crippen MR) is 61.9 cm³/mol. The second-order valence-electron chi connectivity index (χ2n) is 4.55. The summed E-state index contributed by atoms with van der Waals surface area (Å²) in [4.78, 5) is 0. The molecule has 1 atom stereocenters. The molecule has 1 spiro atoms. The standard InChI is InChI=1S/C9H18O4P2/c10-8(11)7(1-4-14-5-2-7)3-6-15-9(8,12)13/h10-15H,1-6H2. The Labute approximate surface area is 92.7 Å². The Hall–Kier alpha value is 0.700. The molecule has 0 bridgehead atoms. The van der Waals surface area contributed by atoms with Crippen LogP contribution in [0.3, 0.4) is 0 Å². The Morgan fingerprint density at radius 2 is 1.33 bits per heavy atom. The van der Waals surface area contributed by atoms with Gasteiger partial charge in [0.2, 0.25) is 11.3 Å². The summed E-state index contributed by atoms with van der Waals surface area (Å²) in [5.74, 6) is -2.33. The Morgan fingerprint density at radius 3 is 1.93 bits per heavy atom. The lowest BCUT2D eigenvalue weighted by Crippen LogP contribution is -2.65. The fourth-order valence-corrected chi connectivity index (χ4v) is 5.67. The van der Waals surface area contributed by atoms with Crippen molar-refractivity contribution in [3.63, 3.8) is 0 Å². The summed E-state index contributed by atoms with van der Waals surface area (Å²) >= 11 is 0. The maximum Gasteiger partial charge on any atom is 0.234 e. The van der Waals surface area contributed by atoms with E-state index in [4.69, 9.17) is 0 Å². The van der Waals surface area contributed by atoms with Crippen LogP contribution in [0.15, 0.2) is 0 Å². The summed E-state index contributed by atoms with van der Waals surface area (Å²) in [7, 11) is 0.666. The quantitative estimate of drug-likeness (QED) is 0.357. The van der Waals surface area contributed by atoms with Gasteiger partial charge in [0, 0.05) is 5.41 Å². The summed E-state index contributed by atoms with van der Waals surface area (Å²) in [6.07, 6.45) is 4.73. The monoisotopic (exact) mass is 252 g/mol. The molecule has 0 saturated carbocycles. The molecule has 2 aliphatic heterocycles. The van der Waals surface area contributed by atoms with Gasteiger partial charge in [-0.25, -0.2) is 0 Å². The molecular formula is C9H18O4P2. The average molecular weight is 252 g/mol. The molecule has 6 heteroatoms. The number of rotatable bonds is 0. The minimum absolute atomic E-state index is 0.209. The molecule has 0 radical (unpaired) electrons. The molecule has 0 aromatic rings. The van der Waals surface area contributed by atoms with Gasteiger partial charge >= 0.3 is 0 Å². The lowest BCUT2D eigenvalue weighted by Gasteiger charge is -2.54. The van der Waals surface area contributed by atoms with Gasteiger partial charge in [-0.15, -0.1) is 8.58 Å². The topological polar surface area (TPSA) is 80.9 Å². The van der Waals surface area contributed by atoms with E-state index in [1.54, 1.807) is 0 Å². The first-order chi connectivity index (χ1) is 6.91. The van der Waals surface area contributed by atoms with Gasteiger partial charge < -0.3 is 20.4 Å². The zero-order valence-corrected chi connectivity index (χ0v) is 10.5. The van der Waals surface area contributed by atoms with E-state index >= 15 is 0 Å². The van der Waals surface area contributed by atoms with E-state index in [2.05, 4.69) is 0 Å². The number of aliphatic hydroxyl groups is 4. The van der Waals surface area contributed by atoms with Crippen LogP contribution in [0.25, 0.3) is 0 Å². The lowest BCUT2D eigenvalue weighted by molar-refractivity contribution is -0.367. The molecule has 4 nitrogen and oxygen atoms in total. The summed E-state index contributed by atoms with van der Waals surface area (Å²) in [5, 5.41) is 39.5.